The SMILES string of the molecule is Cc1cccc(/C=N/Nc2nc(N3CCOCC3)c3nc(C(=O)NC4CCOCC4)sc3n2)c1. The molecule has 2 saturated heterocycles. The fraction of sp³-hybridized carbons (Fsp3) is 0.435. The van der Waals surface area contributed by atoms with Gasteiger partial charge in [-0.05, 0) is 25.3 Å². The van der Waals surface area contributed by atoms with Gasteiger partial charge in [0.25, 0.3) is 5.91 Å². The number of hydrazone groups is 1. The van der Waals surface area contributed by atoms with Crippen LogP contribution in [0.4, 0.5) is 11.8 Å². The molecule has 3 aromatic rings. The summed E-state index contributed by atoms with van der Waals surface area (Å²) in [5, 5.41) is 7.77. The Kier molecular flexibility index (Phi) is 6.93. The Hall–Kier alpha value is -3.15. The number of carbonyl (C=O) groups is 1. The molecule has 0 bridgehead atoms. The molecule has 2 fully saturated rings. The van der Waals surface area contributed by atoms with Crippen molar-refractivity contribution in [3.05, 3.63) is 40.4 Å². The first-order valence-electron chi connectivity index (χ1n) is 11.4. The molecule has 0 radical (unpaired) electrons. The normalized spacial score (nSPS) is 17.4. The van der Waals surface area contributed by atoms with Gasteiger partial charge < -0.3 is 19.7 Å². The zero-order chi connectivity index (χ0) is 23.3. The van der Waals surface area contributed by atoms with Crippen LogP contribution in [0.1, 0.15) is 33.8 Å². The Morgan fingerprint density at radius 1 is 1.15 bits per heavy atom. The van der Waals surface area contributed by atoms with Gasteiger partial charge in [0.2, 0.25) is 5.95 Å². The van der Waals surface area contributed by atoms with Gasteiger partial charge in [0.15, 0.2) is 15.7 Å². The lowest BCUT2D eigenvalue weighted by Crippen LogP contribution is -2.38. The van der Waals surface area contributed by atoms with Crippen molar-refractivity contribution < 1.29 is 14.3 Å². The van der Waals surface area contributed by atoms with E-state index in [0.29, 0.717) is 66.6 Å². The van der Waals surface area contributed by atoms with Crippen LogP contribution in [-0.2, 0) is 9.47 Å². The van der Waals surface area contributed by atoms with Crippen molar-refractivity contribution in [2.75, 3.05) is 49.8 Å². The van der Waals surface area contributed by atoms with E-state index in [1.54, 1.807) is 6.21 Å². The second-order valence-electron chi connectivity index (χ2n) is 8.29. The first kappa shape index (κ1) is 22.6. The van der Waals surface area contributed by atoms with Crippen LogP contribution in [0.25, 0.3) is 10.3 Å². The van der Waals surface area contributed by atoms with Crippen LogP contribution in [0, 0.1) is 6.92 Å². The predicted molar refractivity (Wildman–Crippen MR) is 132 cm³/mol. The van der Waals surface area contributed by atoms with Gasteiger partial charge in [-0.25, -0.2) is 10.4 Å². The Bertz CT molecular complexity index is 1190. The van der Waals surface area contributed by atoms with Gasteiger partial charge in [0, 0.05) is 32.3 Å². The number of fused-ring (bicyclic) bond motifs is 1. The van der Waals surface area contributed by atoms with Crippen LogP contribution in [0.5, 0.6) is 0 Å². The predicted octanol–water partition coefficient (Wildman–Crippen LogP) is 2.59. The number of carbonyl (C=O) groups excluding carboxylic acids is 1. The summed E-state index contributed by atoms with van der Waals surface area (Å²) in [6.45, 7) is 5.97. The van der Waals surface area contributed by atoms with E-state index in [9.17, 15) is 4.79 Å². The van der Waals surface area contributed by atoms with Gasteiger partial charge in [-0.2, -0.15) is 15.1 Å². The molecule has 5 rings (SSSR count). The molecule has 178 valence electrons. The largest absolute Gasteiger partial charge is 0.381 e. The molecule has 2 aliphatic heterocycles. The summed E-state index contributed by atoms with van der Waals surface area (Å²) in [5.41, 5.74) is 5.70. The van der Waals surface area contributed by atoms with Gasteiger partial charge in [-0.15, -0.1) is 0 Å². The summed E-state index contributed by atoms with van der Waals surface area (Å²) in [7, 11) is 0. The van der Waals surface area contributed by atoms with E-state index < -0.39 is 0 Å². The topological polar surface area (TPSA) is 114 Å². The molecule has 2 aromatic heterocycles. The van der Waals surface area contributed by atoms with Crippen molar-refractivity contribution in [2.24, 2.45) is 5.10 Å². The van der Waals surface area contributed by atoms with E-state index in [-0.39, 0.29) is 11.9 Å². The van der Waals surface area contributed by atoms with Crippen LogP contribution in [-0.4, -0.2) is 72.6 Å². The monoisotopic (exact) mass is 481 g/mol. The number of benzene rings is 1. The summed E-state index contributed by atoms with van der Waals surface area (Å²) in [4.78, 5) is 29.6. The third-order valence-corrected chi connectivity index (χ3v) is 6.67. The number of amides is 1. The summed E-state index contributed by atoms with van der Waals surface area (Å²) in [5.74, 6) is 0.857. The van der Waals surface area contributed by atoms with Crippen LogP contribution in [0.15, 0.2) is 29.4 Å². The van der Waals surface area contributed by atoms with Crippen molar-refractivity contribution in [3.8, 4) is 0 Å². The van der Waals surface area contributed by atoms with Crippen molar-refractivity contribution in [2.45, 2.75) is 25.8 Å². The van der Waals surface area contributed by atoms with E-state index in [1.807, 2.05) is 31.2 Å². The van der Waals surface area contributed by atoms with E-state index in [1.165, 1.54) is 11.3 Å². The highest BCUT2D eigenvalue weighted by Crippen LogP contribution is 2.30. The molecular formula is C23H27N7O3S. The smallest absolute Gasteiger partial charge is 0.280 e. The standard InChI is InChI=1S/C23H27N7O3S/c1-15-3-2-4-16(13-15)14-24-29-23-27-19(30-7-11-33-12-8-30)18-21(28-23)34-22(26-18)20(31)25-17-5-9-32-10-6-17/h2-4,13-14,17H,5-12H2,1H3,(H,25,31)(H,27,28,29)/b24-14+. The fourth-order valence-corrected chi connectivity index (χ4v) is 4.79. The summed E-state index contributed by atoms with van der Waals surface area (Å²) >= 11 is 1.26. The fourth-order valence-electron chi connectivity index (χ4n) is 3.95. The third-order valence-electron chi connectivity index (χ3n) is 5.72. The molecule has 4 heterocycles. The second kappa shape index (κ2) is 10.4. The first-order chi connectivity index (χ1) is 16.7. The number of anilines is 2. The van der Waals surface area contributed by atoms with Gasteiger partial charge >= 0.3 is 0 Å². The lowest BCUT2D eigenvalue weighted by Gasteiger charge is -2.27. The van der Waals surface area contributed by atoms with Crippen LogP contribution < -0.4 is 15.6 Å². The molecule has 1 amide bonds. The Balaban J connectivity index is 1.41. The molecule has 0 unspecified atom stereocenters. The van der Waals surface area contributed by atoms with E-state index in [0.717, 1.165) is 24.0 Å². The van der Waals surface area contributed by atoms with Crippen molar-refractivity contribution >= 4 is 45.6 Å². The van der Waals surface area contributed by atoms with Gasteiger partial charge in [-0.3, -0.25) is 4.79 Å². The molecule has 34 heavy (non-hydrogen) atoms. The number of hydrogen-bond acceptors (Lipinski definition) is 10. The minimum atomic E-state index is -0.185. The lowest BCUT2D eigenvalue weighted by atomic mass is 10.1. The molecule has 1 aromatic carbocycles. The number of ether oxygens (including phenoxy) is 2. The number of rotatable bonds is 6. The molecule has 2 N–H and O–H groups in total. The summed E-state index contributed by atoms with van der Waals surface area (Å²) < 4.78 is 10.9. The highest BCUT2D eigenvalue weighted by molar-refractivity contribution is 7.20. The number of nitrogens with one attached hydrogen (secondary N) is 2. The maximum Gasteiger partial charge on any atom is 0.280 e. The number of morpholine rings is 1. The van der Waals surface area contributed by atoms with Crippen molar-refractivity contribution in [1.82, 2.24) is 20.3 Å². The zero-order valence-electron chi connectivity index (χ0n) is 19.0. The van der Waals surface area contributed by atoms with Crippen LogP contribution in [0.3, 0.4) is 0 Å². The molecular weight excluding hydrogens is 454 g/mol. The summed E-state index contributed by atoms with van der Waals surface area (Å²) in [6, 6.07) is 8.15. The Labute approximate surface area is 201 Å². The molecule has 0 spiro atoms. The number of nitrogens with zero attached hydrogens (tertiary/aromatic N) is 5. The van der Waals surface area contributed by atoms with Crippen LogP contribution >= 0.6 is 11.3 Å². The molecule has 0 aliphatic carbocycles. The average molecular weight is 482 g/mol. The zero-order valence-corrected chi connectivity index (χ0v) is 19.8. The van der Waals surface area contributed by atoms with E-state index >= 15 is 0 Å². The average Bonchev–Trinajstić information content (AvgIpc) is 3.29. The maximum absolute atomic E-state index is 12.9. The molecule has 10 nitrogen and oxygen atoms in total. The quantitative estimate of drug-likeness (QED) is 0.408. The highest BCUT2D eigenvalue weighted by Gasteiger charge is 2.24. The maximum atomic E-state index is 12.9. The number of aryl methyl sites for hydroxylation is 1. The number of aromatic nitrogens is 3. The molecule has 0 atom stereocenters. The minimum Gasteiger partial charge on any atom is -0.381 e. The lowest BCUT2D eigenvalue weighted by molar-refractivity contribution is 0.0696. The van der Waals surface area contributed by atoms with Crippen molar-refractivity contribution in [3.63, 3.8) is 0 Å². The third kappa shape index (κ3) is 5.32. The summed E-state index contributed by atoms with van der Waals surface area (Å²) in [6.07, 6.45) is 3.35. The van der Waals surface area contributed by atoms with Gasteiger partial charge in [-0.1, -0.05) is 41.2 Å². The molecule has 2 aliphatic rings. The first-order valence-corrected chi connectivity index (χ1v) is 12.2. The molecule has 0 saturated carbocycles. The Morgan fingerprint density at radius 2 is 1.94 bits per heavy atom. The molecule has 11 heteroatoms. The van der Waals surface area contributed by atoms with E-state index in [4.69, 9.17) is 14.5 Å². The van der Waals surface area contributed by atoms with Gasteiger partial charge in [0.05, 0.1) is 19.4 Å². The van der Waals surface area contributed by atoms with Crippen molar-refractivity contribution in [1.29, 1.82) is 0 Å². The highest BCUT2D eigenvalue weighted by atomic mass is 32.1. The van der Waals surface area contributed by atoms with Crippen LogP contribution in [0.2, 0.25) is 0 Å². The number of thiazole rings is 1. The second-order valence-corrected chi connectivity index (χ2v) is 9.26. The number of hydrogen-bond donors (Lipinski definition) is 2. The van der Waals surface area contributed by atoms with Gasteiger partial charge in [0.1, 0.15) is 5.52 Å². The Morgan fingerprint density at radius 3 is 2.74 bits per heavy atom. The van der Waals surface area contributed by atoms with E-state index in [2.05, 4.69) is 30.7 Å². The minimum absolute atomic E-state index is 0.103.